The fraction of sp³-hybridized carbons (Fsp3) is 0.154. The van der Waals surface area contributed by atoms with Gasteiger partial charge in [-0.15, -0.1) is 0 Å². The summed E-state index contributed by atoms with van der Waals surface area (Å²) in [6.45, 7) is 0.398. The molecule has 0 amide bonds. The summed E-state index contributed by atoms with van der Waals surface area (Å²) in [4.78, 5) is 4.03. The van der Waals surface area contributed by atoms with Crippen molar-refractivity contribution < 1.29 is 13.2 Å². The van der Waals surface area contributed by atoms with E-state index < -0.39 is 11.7 Å². The number of halogens is 3. The Balaban J connectivity index is 1.98. The third-order valence-corrected chi connectivity index (χ3v) is 2.54. The second kappa shape index (κ2) is 5.17. The number of nitrogens with one attached hydrogen (secondary N) is 1. The summed E-state index contributed by atoms with van der Waals surface area (Å²) in [5.41, 5.74) is 6.14. The Kier molecular flexibility index (Phi) is 3.59. The number of hydrogen-bond acceptors (Lipinski definition) is 3. The number of anilines is 2. The van der Waals surface area contributed by atoms with Crippen molar-refractivity contribution in [2.24, 2.45) is 0 Å². The van der Waals surface area contributed by atoms with Crippen LogP contribution in [0.25, 0.3) is 0 Å². The summed E-state index contributed by atoms with van der Waals surface area (Å²) >= 11 is 0. The first-order valence-electron chi connectivity index (χ1n) is 5.57. The maximum Gasteiger partial charge on any atom is 0.416 e. The first-order chi connectivity index (χ1) is 8.95. The molecule has 2 aromatic rings. The molecular weight excluding hydrogens is 255 g/mol. The minimum Gasteiger partial charge on any atom is -0.397 e. The van der Waals surface area contributed by atoms with Gasteiger partial charge in [-0.1, -0.05) is 12.1 Å². The second-order valence-corrected chi connectivity index (χ2v) is 4.03. The van der Waals surface area contributed by atoms with E-state index in [0.29, 0.717) is 18.1 Å². The molecule has 0 fully saturated rings. The Morgan fingerprint density at radius 3 is 2.26 bits per heavy atom. The lowest BCUT2D eigenvalue weighted by Crippen LogP contribution is -2.06. The van der Waals surface area contributed by atoms with E-state index >= 15 is 0 Å². The lowest BCUT2D eigenvalue weighted by molar-refractivity contribution is -0.137. The zero-order valence-electron chi connectivity index (χ0n) is 9.91. The SMILES string of the molecule is Nc1ccc(NCc2ccc(C(F)(F)F)cc2)nc1. The van der Waals surface area contributed by atoms with Gasteiger partial charge in [0.2, 0.25) is 0 Å². The molecule has 1 aromatic heterocycles. The van der Waals surface area contributed by atoms with Crippen molar-refractivity contribution >= 4 is 11.5 Å². The normalized spacial score (nSPS) is 11.3. The lowest BCUT2D eigenvalue weighted by atomic mass is 10.1. The molecule has 0 aliphatic carbocycles. The predicted molar refractivity (Wildman–Crippen MR) is 67.4 cm³/mol. The molecule has 0 aliphatic rings. The van der Waals surface area contributed by atoms with E-state index in [-0.39, 0.29) is 0 Å². The zero-order chi connectivity index (χ0) is 13.9. The predicted octanol–water partition coefficient (Wildman–Crippen LogP) is 3.29. The second-order valence-electron chi connectivity index (χ2n) is 4.03. The van der Waals surface area contributed by atoms with Crippen molar-refractivity contribution in [1.29, 1.82) is 0 Å². The smallest absolute Gasteiger partial charge is 0.397 e. The largest absolute Gasteiger partial charge is 0.416 e. The molecule has 0 saturated heterocycles. The van der Waals surface area contributed by atoms with E-state index in [1.54, 1.807) is 12.1 Å². The molecular formula is C13H12F3N3. The topological polar surface area (TPSA) is 50.9 Å². The van der Waals surface area contributed by atoms with Crippen LogP contribution in [0.15, 0.2) is 42.6 Å². The molecule has 2 rings (SSSR count). The van der Waals surface area contributed by atoms with Crippen molar-refractivity contribution in [3.63, 3.8) is 0 Å². The number of nitrogens with two attached hydrogens (primary N) is 1. The van der Waals surface area contributed by atoms with Gasteiger partial charge in [0.25, 0.3) is 0 Å². The van der Waals surface area contributed by atoms with Gasteiger partial charge in [0.05, 0.1) is 17.4 Å². The highest BCUT2D eigenvalue weighted by Gasteiger charge is 2.29. The summed E-state index contributed by atoms with van der Waals surface area (Å²) in [7, 11) is 0. The van der Waals surface area contributed by atoms with Crippen LogP contribution < -0.4 is 11.1 Å². The third-order valence-electron chi connectivity index (χ3n) is 2.54. The summed E-state index contributed by atoms with van der Waals surface area (Å²) in [5, 5.41) is 3.00. The molecule has 0 radical (unpaired) electrons. The van der Waals surface area contributed by atoms with Gasteiger partial charge in [0.1, 0.15) is 5.82 Å². The van der Waals surface area contributed by atoms with Crippen molar-refractivity contribution in [2.45, 2.75) is 12.7 Å². The average molecular weight is 267 g/mol. The zero-order valence-corrected chi connectivity index (χ0v) is 9.91. The van der Waals surface area contributed by atoms with Gasteiger partial charge < -0.3 is 11.1 Å². The fourth-order valence-electron chi connectivity index (χ4n) is 1.51. The molecule has 0 unspecified atom stereocenters. The molecule has 3 N–H and O–H groups in total. The van der Waals surface area contributed by atoms with Crippen LogP contribution in [0.1, 0.15) is 11.1 Å². The molecule has 0 atom stereocenters. The number of pyridine rings is 1. The minimum absolute atomic E-state index is 0.398. The van der Waals surface area contributed by atoms with Crippen LogP contribution in [-0.2, 0) is 12.7 Å². The highest BCUT2D eigenvalue weighted by molar-refractivity contribution is 5.44. The first kappa shape index (κ1) is 13.2. The lowest BCUT2D eigenvalue weighted by Gasteiger charge is -2.09. The maximum atomic E-state index is 12.4. The molecule has 3 nitrogen and oxygen atoms in total. The third kappa shape index (κ3) is 3.61. The van der Waals surface area contributed by atoms with Gasteiger partial charge in [-0.25, -0.2) is 4.98 Å². The van der Waals surface area contributed by atoms with Gasteiger partial charge in [0, 0.05) is 6.54 Å². The molecule has 0 aliphatic heterocycles. The number of nitrogens with zero attached hydrogens (tertiary/aromatic N) is 1. The summed E-state index contributed by atoms with van der Waals surface area (Å²) in [6.07, 6.45) is -2.79. The Labute approximate surface area is 108 Å². The quantitative estimate of drug-likeness (QED) is 0.897. The molecule has 6 heteroatoms. The highest BCUT2D eigenvalue weighted by atomic mass is 19.4. The standard InChI is InChI=1S/C13H12F3N3/c14-13(15,16)10-3-1-9(2-4-10)7-18-12-6-5-11(17)8-19-12/h1-6,8H,7,17H2,(H,18,19). The highest BCUT2D eigenvalue weighted by Crippen LogP contribution is 2.29. The molecule has 1 aromatic carbocycles. The number of alkyl halides is 3. The van der Waals surface area contributed by atoms with E-state index in [1.165, 1.54) is 18.3 Å². The van der Waals surface area contributed by atoms with Crippen LogP contribution >= 0.6 is 0 Å². The van der Waals surface area contributed by atoms with Gasteiger partial charge in [0.15, 0.2) is 0 Å². The fourth-order valence-corrected chi connectivity index (χ4v) is 1.51. The molecule has 19 heavy (non-hydrogen) atoms. The van der Waals surface area contributed by atoms with Crippen molar-refractivity contribution in [3.8, 4) is 0 Å². The molecule has 100 valence electrons. The monoisotopic (exact) mass is 267 g/mol. The van der Waals surface area contributed by atoms with E-state index in [9.17, 15) is 13.2 Å². The van der Waals surface area contributed by atoms with Gasteiger partial charge in [-0.2, -0.15) is 13.2 Å². The van der Waals surface area contributed by atoms with E-state index in [1.807, 2.05) is 0 Å². The Morgan fingerprint density at radius 2 is 1.74 bits per heavy atom. The Bertz CT molecular complexity index is 533. The molecule has 0 saturated carbocycles. The van der Waals surface area contributed by atoms with Crippen LogP contribution in [0.5, 0.6) is 0 Å². The van der Waals surface area contributed by atoms with E-state index in [4.69, 9.17) is 5.73 Å². The van der Waals surface area contributed by atoms with Crippen LogP contribution in [0.3, 0.4) is 0 Å². The Morgan fingerprint density at radius 1 is 1.05 bits per heavy atom. The van der Waals surface area contributed by atoms with E-state index in [2.05, 4.69) is 10.3 Å². The number of hydrogen-bond donors (Lipinski definition) is 2. The molecule has 0 spiro atoms. The van der Waals surface area contributed by atoms with Crippen LogP contribution in [0, 0.1) is 0 Å². The Hall–Kier alpha value is -2.24. The number of rotatable bonds is 3. The average Bonchev–Trinajstić information content (AvgIpc) is 2.37. The van der Waals surface area contributed by atoms with Crippen molar-refractivity contribution in [3.05, 3.63) is 53.7 Å². The van der Waals surface area contributed by atoms with Gasteiger partial charge >= 0.3 is 6.18 Å². The first-order valence-corrected chi connectivity index (χ1v) is 5.57. The van der Waals surface area contributed by atoms with Crippen LogP contribution in [0.2, 0.25) is 0 Å². The maximum absolute atomic E-state index is 12.4. The molecule has 0 bridgehead atoms. The van der Waals surface area contributed by atoms with Crippen LogP contribution in [0.4, 0.5) is 24.7 Å². The number of benzene rings is 1. The number of aromatic nitrogens is 1. The van der Waals surface area contributed by atoms with Crippen molar-refractivity contribution in [2.75, 3.05) is 11.1 Å². The van der Waals surface area contributed by atoms with Crippen molar-refractivity contribution in [1.82, 2.24) is 4.98 Å². The molecule has 1 heterocycles. The van der Waals surface area contributed by atoms with E-state index in [0.717, 1.165) is 17.7 Å². The minimum atomic E-state index is -4.30. The summed E-state index contributed by atoms with van der Waals surface area (Å²) in [6, 6.07) is 8.41. The summed E-state index contributed by atoms with van der Waals surface area (Å²) in [5.74, 6) is 0.620. The number of nitrogen functional groups attached to an aromatic ring is 1. The van der Waals surface area contributed by atoms with Gasteiger partial charge in [-0.3, -0.25) is 0 Å². The summed E-state index contributed by atoms with van der Waals surface area (Å²) < 4.78 is 37.1. The van der Waals surface area contributed by atoms with Gasteiger partial charge in [-0.05, 0) is 29.8 Å². The van der Waals surface area contributed by atoms with Crippen LogP contribution in [-0.4, -0.2) is 4.98 Å².